The van der Waals surface area contributed by atoms with Crippen molar-refractivity contribution in [3.05, 3.63) is 65.1 Å². The van der Waals surface area contributed by atoms with Gasteiger partial charge in [0.05, 0.1) is 0 Å². The Morgan fingerprint density at radius 3 is 2.56 bits per heavy atom. The van der Waals surface area contributed by atoms with Crippen LogP contribution in [0, 0.1) is 13.8 Å². The number of amides is 1. The number of likely N-dealkylation sites (tertiary alicyclic amines) is 1. The SMILES string of the molecule is Cc1ccc2[nH]c(C3CCN(C(=O)c4ccncc4)CC3)c(C)c2c1. The number of aryl methyl sites for hydroxylation is 2. The fraction of sp³-hybridized carbons (Fsp3) is 0.333. The number of aromatic nitrogens is 2. The zero-order valence-electron chi connectivity index (χ0n) is 14.7. The van der Waals surface area contributed by atoms with E-state index in [1.54, 1.807) is 24.5 Å². The van der Waals surface area contributed by atoms with Crippen LogP contribution in [-0.4, -0.2) is 33.9 Å². The molecule has 0 aliphatic carbocycles. The number of nitrogens with one attached hydrogen (secondary N) is 1. The van der Waals surface area contributed by atoms with Gasteiger partial charge in [-0.15, -0.1) is 0 Å². The number of carbonyl (C=O) groups is 1. The molecule has 1 aromatic carbocycles. The van der Waals surface area contributed by atoms with E-state index in [0.29, 0.717) is 5.92 Å². The lowest BCUT2D eigenvalue weighted by molar-refractivity contribution is 0.0712. The predicted molar refractivity (Wildman–Crippen MR) is 99.9 cm³/mol. The number of fused-ring (bicyclic) bond motifs is 1. The van der Waals surface area contributed by atoms with Crippen molar-refractivity contribution in [3.63, 3.8) is 0 Å². The van der Waals surface area contributed by atoms with Crippen LogP contribution >= 0.6 is 0 Å². The molecule has 128 valence electrons. The van der Waals surface area contributed by atoms with Gasteiger partial charge in [0.1, 0.15) is 0 Å². The maximum absolute atomic E-state index is 12.6. The molecule has 0 spiro atoms. The number of nitrogens with zero attached hydrogens (tertiary/aromatic N) is 2. The van der Waals surface area contributed by atoms with E-state index in [9.17, 15) is 4.79 Å². The quantitative estimate of drug-likeness (QED) is 0.764. The number of hydrogen-bond donors (Lipinski definition) is 1. The van der Waals surface area contributed by atoms with Gasteiger partial charge in [-0.1, -0.05) is 11.6 Å². The highest BCUT2D eigenvalue weighted by Crippen LogP contribution is 2.34. The zero-order chi connectivity index (χ0) is 17.4. The van der Waals surface area contributed by atoms with Crippen molar-refractivity contribution in [2.75, 3.05) is 13.1 Å². The monoisotopic (exact) mass is 333 g/mol. The first kappa shape index (κ1) is 15.9. The third-order valence-corrected chi connectivity index (χ3v) is 5.37. The van der Waals surface area contributed by atoms with Gasteiger partial charge in [-0.3, -0.25) is 9.78 Å². The molecule has 1 amide bonds. The highest BCUT2D eigenvalue weighted by atomic mass is 16.2. The molecule has 1 aliphatic rings. The summed E-state index contributed by atoms with van der Waals surface area (Å²) < 4.78 is 0. The number of carbonyl (C=O) groups excluding carboxylic acids is 1. The average molecular weight is 333 g/mol. The molecule has 1 aliphatic heterocycles. The minimum Gasteiger partial charge on any atom is -0.358 e. The van der Waals surface area contributed by atoms with Crippen LogP contribution in [0.1, 0.15) is 45.9 Å². The van der Waals surface area contributed by atoms with Crippen molar-refractivity contribution in [2.45, 2.75) is 32.6 Å². The van der Waals surface area contributed by atoms with E-state index in [-0.39, 0.29) is 5.91 Å². The van der Waals surface area contributed by atoms with Gasteiger partial charge in [-0.05, 0) is 56.5 Å². The first-order chi connectivity index (χ1) is 12.1. The maximum atomic E-state index is 12.6. The lowest BCUT2D eigenvalue weighted by atomic mass is 9.91. The van der Waals surface area contributed by atoms with Crippen LogP contribution in [0.3, 0.4) is 0 Å². The third-order valence-electron chi connectivity index (χ3n) is 5.37. The molecular weight excluding hydrogens is 310 g/mol. The molecule has 3 heterocycles. The van der Waals surface area contributed by atoms with Crippen LogP contribution in [0.5, 0.6) is 0 Å². The van der Waals surface area contributed by atoms with E-state index in [1.165, 1.54) is 27.7 Å². The Labute approximate surface area is 147 Å². The van der Waals surface area contributed by atoms with E-state index in [0.717, 1.165) is 31.5 Å². The molecule has 1 N–H and O–H groups in total. The summed E-state index contributed by atoms with van der Waals surface area (Å²) in [6.45, 7) is 5.95. The van der Waals surface area contributed by atoms with Crippen LogP contribution in [0.2, 0.25) is 0 Å². The molecule has 3 aromatic rings. The van der Waals surface area contributed by atoms with Gasteiger partial charge < -0.3 is 9.88 Å². The molecule has 0 atom stereocenters. The topological polar surface area (TPSA) is 49.0 Å². The lowest BCUT2D eigenvalue weighted by Crippen LogP contribution is -2.38. The zero-order valence-corrected chi connectivity index (χ0v) is 14.7. The summed E-state index contributed by atoms with van der Waals surface area (Å²) in [5, 5.41) is 1.32. The number of hydrogen-bond acceptors (Lipinski definition) is 2. The first-order valence-electron chi connectivity index (χ1n) is 8.91. The van der Waals surface area contributed by atoms with Gasteiger partial charge in [0.2, 0.25) is 0 Å². The van der Waals surface area contributed by atoms with E-state index in [2.05, 4.69) is 42.0 Å². The second-order valence-electron chi connectivity index (χ2n) is 7.02. The lowest BCUT2D eigenvalue weighted by Gasteiger charge is -2.32. The molecule has 0 bridgehead atoms. The molecule has 25 heavy (non-hydrogen) atoms. The van der Waals surface area contributed by atoms with Gasteiger partial charge in [0.25, 0.3) is 5.91 Å². The summed E-state index contributed by atoms with van der Waals surface area (Å²) in [4.78, 5) is 22.2. The number of benzene rings is 1. The summed E-state index contributed by atoms with van der Waals surface area (Å²) in [5.41, 5.74) is 5.94. The highest BCUT2D eigenvalue weighted by molar-refractivity contribution is 5.94. The Morgan fingerprint density at radius 1 is 1.12 bits per heavy atom. The van der Waals surface area contributed by atoms with E-state index >= 15 is 0 Å². The molecule has 1 saturated heterocycles. The Morgan fingerprint density at radius 2 is 1.84 bits per heavy atom. The van der Waals surface area contributed by atoms with Crippen molar-refractivity contribution < 1.29 is 4.79 Å². The largest absolute Gasteiger partial charge is 0.358 e. The molecule has 4 rings (SSSR count). The second-order valence-corrected chi connectivity index (χ2v) is 7.02. The van der Waals surface area contributed by atoms with Crippen molar-refractivity contribution in [3.8, 4) is 0 Å². The van der Waals surface area contributed by atoms with Crippen LogP contribution in [-0.2, 0) is 0 Å². The van der Waals surface area contributed by atoms with Crippen LogP contribution in [0.25, 0.3) is 10.9 Å². The molecule has 1 fully saturated rings. The second kappa shape index (κ2) is 6.36. The smallest absolute Gasteiger partial charge is 0.253 e. The normalized spacial score (nSPS) is 15.7. The van der Waals surface area contributed by atoms with Gasteiger partial charge in [0, 0.05) is 53.6 Å². The number of piperidine rings is 1. The van der Waals surface area contributed by atoms with E-state index < -0.39 is 0 Å². The summed E-state index contributed by atoms with van der Waals surface area (Å²) in [7, 11) is 0. The number of pyridine rings is 1. The fourth-order valence-electron chi connectivity index (χ4n) is 3.92. The third kappa shape index (κ3) is 2.93. The summed E-state index contributed by atoms with van der Waals surface area (Å²) in [6.07, 6.45) is 5.36. The number of rotatable bonds is 2. The van der Waals surface area contributed by atoms with Gasteiger partial charge >= 0.3 is 0 Å². The molecular formula is C21H23N3O. The number of aromatic amines is 1. The Balaban J connectivity index is 1.51. The fourth-order valence-corrected chi connectivity index (χ4v) is 3.92. The van der Waals surface area contributed by atoms with Crippen LogP contribution < -0.4 is 0 Å². The molecule has 0 saturated carbocycles. The highest BCUT2D eigenvalue weighted by Gasteiger charge is 2.26. The Bertz CT molecular complexity index is 906. The van der Waals surface area contributed by atoms with Crippen LogP contribution in [0.15, 0.2) is 42.7 Å². The summed E-state index contributed by atoms with van der Waals surface area (Å²) in [6, 6.07) is 10.2. The molecule has 4 heteroatoms. The minimum atomic E-state index is 0.116. The minimum absolute atomic E-state index is 0.116. The summed E-state index contributed by atoms with van der Waals surface area (Å²) >= 11 is 0. The van der Waals surface area contributed by atoms with Crippen molar-refractivity contribution in [2.24, 2.45) is 0 Å². The average Bonchev–Trinajstić information content (AvgIpc) is 2.98. The Kier molecular flexibility index (Phi) is 4.04. The Hall–Kier alpha value is -2.62. The standard InChI is InChI=1S/C21H23N3O/c1-14-3-4-19-18(13-14)15(2)20(23-19)16-7-11-24(12-8-16)21(25)17-5-9-22-10-6-17/h3-6,9-10,13,16,23H,7-8,11-12H2,1-2H3. The molecule has 2 aromatic heterocycles. The summed E-state index contributed by atoms with van der Waals surface area (Å²) in [5.74, 6) is 0.610. The predicted octanol–water partition coefficient (Wildman–Crippen LogP) is 4.20. The van der Waals surface area contributed by atoms with E-state index in [4.69, 9.17) is 0 Å². The maximum Gasteiger partial charge on any atom is 0.253 e. The van der Waals surface area contributed by atoms with Crippen molar-refractivity contribution in [1.29, 1.82) is 0 Å². The number of H-pyrrole nitrogens is 1. The molecule has 0 radical (unpaired) electrons. The molecule has 4 nitrogen and oxygen atoms in total. The van der Waals surface area contributed by atoms with Gasteiger partial charge in [-0.25, -0.2) is 0 Å². The van der Waals surface area contributed by atoms with Crippen molar-refractivity contribution in [1.82, 2.24) is 14.9 Å². The van der Waals surface area contributed by atoms with Gasteiger partial charge in [0.15, 0.2) is 0 Å². The first-order valence-corrected chi connectivity index (χ1v) is 8.91. The molecule has 0 unspecified atom stereocenters. The van der Waals surface area contributed by atoms with Gasteiger partial charge in [-0.2, -0.15) is 0 Å². The van der Waals surface area contributed by atoms with E-state index in [1.807, 2.05) is 4.90 Å². The van der Waals surface area contributed by atoms with Crippen molar-refractivity contribution >= 4 is 16.8 Å². The van der Waals surface area contributed by atoms with Crippen LogP contribution in [0.4, 0.5) is 0 Å².